The molecule has 1 aromatic heterocycles. The highest BCUT2D eigenvalue weighted by Crippen LogP contribution is 2.58. The van der Waals surface area contributed by atoms with Crippen molar-refractivity contribution in [2.24, 2.45) is 11.8 Å². The highest BCUT2D eigenvalue weighted by atomic mass is 35.5. The third-order valence-corrected chi connectivity index (χ3v) is 3.96. The zero-order chi connectivity index (χ0) is 10.4. The van der Waals surface area contributed by atoms with Crippen LogP contribution >= 0.6 is 11.6 Å². The number of fused-ring (bicyclic) bond motifs is 1. The average molecular weight is 227 g/mol. The fraction of sp³-hybridized carbons (Fsp3) is 0.900. The minimum atomic E-state index is -0.0948. The molecule has 2 saturated carbocycles. The van der Waals surface area contributed by atoms with Crippen LogP contribution in [-0.2, 0) is 0 Å². The Morgan fingerprint density at radius 1 is 1.33 bits per heavy atom. The molecule has 2 fully saturated rings. The van der Waals surface area contributed by atoms with Gasteiger partial charge in [-0.1, -0.05) is 12.8 Å². The highest BCUT2D eigenvalue weighted by molar-refractivity contribution is 6.20. The van der Waals surface area contributed by atoms with Gasteiger partial charge in [-0.05, 0) is 42.0 Å². The van der Waals surface area contributed by atoms with E-state index in [2.05, 4.69) is 15.5 Å². The van der Waals surface area contributed by atoms with Crippen molar-refractivity contribution in [2.75, 3.05) is 0 Å². The lowest BCUT2D eigenvalue weighted by molar-refractivity contribution is 0.480. The van der Waals surface area contributed by atoms with E-state index in [1.807, 2.05) is 11.6 Å². The molecule has 1 heterocycles. The number of rotatable bonds is 2. The zero-order valence-electron chi connectivity index (χ0n) is 8.80. The topological polar surface area (TPSA) is 43.6 Å². The van der Waals surface area contributed by atoms with Gasteiger partial charge in [0, 0.05) is 0 Å². The summed E-state index contributed by atoms with van der Waals surface area (Å²) in [6.07, 6.45) is 5.41. The van der Waals surface area contributed by atoms with E-state index in [1.54, 1.807) is 0 Å². The summed E-state index contributed by atoms with van der Waals surface area (Å²) in [5.41, 5.74) is 0. The number of halogens is 1. The average Bonchev–Trinajstić information content (AvgIpc) is 2.74. The van der Waals surface area contributed by atoms with Gasteiger partial charge in [0.2, 0.25) is 0 Å². The normalized spacial score (nSPS) is 36.0. The summed E-state index contributed by atoms with van der Waals surface area (Å²) in [6.45, 7) is 1.93. The van der Waals surface area contributed by atoms with Gasteiger partial charge in [0.1, 0.15) is 0 Å². The maximum absolute atomic E-state index is 6.06. The van der Waals surface area contributed by atoms with Crippen molar-refractivity contribution in [1.29, 1.82) is 0 Å². The van der Waals surface area contributed by atoms with Crippen LogP contribution in [0.5, 0.6) is 0 Å². The first kappa shape index (κ1) is 9.58. The van der Waals surface area contributed by atoms with E-state index in [0.29, 0.717) is 6.04 Å². The molecule has 0 N–H and O–H groups in total. The fourth-order valence-corrected chi connectivity index (χ4v) is 3.14. The third-order valence-electron chi connectivity index (χ3n) is 3.77. The molecule has 82 valence electrons. The van der Waals surface area contributed by atoms with Crippen molar-refractivity contribution in [1.82, 2.24) is 20.2 Å². The molecule has 3 atom stereocenters. The van der Waals surface area contributed by atoms with Gasteiger partial charge in [0.15, 0.2) is 5.82 Å². The largest absolute Gasteiger partial charge is 0.224 e. The molecule has 0 spiro atoms. The zero-order valence-corrected chi connectivity index (χ0v) is 9.56. The van der Waals surface area contributed by atoms with E-state index in [4.69, 9.17) is 11.6 Å². The molecule has 1 aromatic rings. The summed E-state index contributed by atoms with van der Waals surface area (Å²) >= 11 is 6.06. The summed E-state index contributed by atoms with van der Waals surface area (Å²) < 4.78 is 1.97. The van der Waals surface area contributed by atoms with E-state index in [0.717, 1.165) is 17.7 Å². The molecule has 0 aromatic carbocycles. The van der Waals surface area contributed by atoms with Crippen LogP contribution < -0.4 is 0 Å². The lowest BCUT2D eigenvalue weighted by Crippen LogP contribution is -2.06. The van der Waals surface area contributed by atoms with Crippen LogP contribution in [0.15, 0.2) is 0 Å². The molecule has 2 aliphatic rings. The molecule has 0 amide bonds. The van der Waals surface area contributed by atoms with Crippen LogP contribution in [0.2, 0.25) is 0 Å². The maximum Gasteiger partial charge on any atom is 0.169 e. The number of alkyl halides is 1. The van der Waals surface area contributed by atoms with Gasteiger partial charge in [-0.15, -0.1) is 16.7 Å². The van der Waals surface area contributed by atoms with Gasteiger partial charge < -0.3 is 0 Å². The molecule has 0 bridgehead atoms. The standard InChI is InChI=1S/C10H15ClN4/c1-6(11)10-12-13-14-15(10)9-7-4-2-3-5-8(7)9/h6-9H,2-5H2,1H3. The maximum atomic E-state index is 6.06. The molecule has 0 aliphatic heterocycles. The smallest absolute Gasteiger partial charge is 0.169 e. The van der Waals surface area contributed by atoms with Crippen LogP contribution in [0.25, 0.3) is 0 Å². The Morgan fingerprint density at radius 3 is 2.60 bits per heavy atom. The lowest BCUT2D eigenvalue weighted by atomic mass is 10.0. The van der Waals surface area contributed by atoms with Crippen LogP contribution in [-0.4, -0.2) is 20.2 Å². The number of hydrogen-bond donors (Lipinski definition) is 0. The van der Waals surface area contributed by atoms with Crippen LogP contribution in [0.3, 0.4) is 0 Å². The quantitative estimate of drug-likeness (QED) is 0.727. The molecular weight excluding hydrogens is 212 g/mol. The van der Waals surface area contributed by atoms with Crippen molar-refractivity contribution >= 4 is 11.6 Å². The minimum Gasteiger partial charge on any atom is -0.224 e. The lowest BCUT2D eigenvalue weighted by Gasteiger charge is -2.04. The first-order valence-corrected chi connectivity index (χ1v) is 6.14. The minimum absolute atomic E-state index is 0.0948. The number of nitrogens with zero attached hydrogens (tertiary/aromatic N) is 4. The van der Waals surface area contributed by atoms with E-state index in [9.17, 15) is 0 Å². The molecule has 15 heavy (non-hydrogen) atoms. The Labute approximate surface area is 94.0 Å². The second-order valence-electron chi connectivity index (χ2n) is 4.70. The van der Waals surface area contributed by atoms with Gasteiger partial charge in [0.25, 0.3) is 0 Å². The second-order valence-corrected chi connectivity index (χ2v) is 5.36. The third kappa shape index (κ3) is 1.46. The first-order valence-electron chi connectivity index (χ1n) is 5.71. The summed E-state index contributed by atoms with van der Waals surface area (Å²) in [6, 6.07) is 0.540. The van der Waals surface area contributed by atoms with Gasteiger partial charge in [-0.3, -0.25) is 0 Å². The predicted octanol–water partition coefficient (Wildman–Crippen LogP) is 2.33. The van der Waals surface area contributed by atoms with E-state index in [-0.39, 0.29) is 5.38 Å². The van der Waals surface area contributed by atoms with Gasteiger partial charge >= 0.3 is 0 Å². The van der Waals surface area contributed by atoms with Crippen molar-refractivity contribution in [3.63, 3.8) is 0 Å². The summed E-state index contributed by atoms with van der Waals surface area (Å²) in [5, 5.41) is 11.7. The molecule has 0 saturated heterocycles. The Kier molecular flexibility index (Phi) is 2.20. The molecular formula is C10H15ClN4. The van der Waals surface area contributed by atoms with Crippen LogP contribution in [0, 0.1) is 11.8 Å². The predicted molar refractivity (Wildman–Crippen MR) is 56.6 cm³/mol. The van der Waals surface area contributed by atoms with Crippen molar-refractivity contribution < 1.29 is 0 Å². The Balaban J connectivity index is 1.85. The van der Waals surface area contributed by atoms with Gasteiger partial charge in [0.05, 0.1) is 11.4 Å². The van der Waals surface area contributed by atoms with Crippen molar-refractivity contribution in [3.05, 3.63) is 5.82 Å². The number of hydrogen-bond acceptors (Lipinski definition) is 3. The van der Waals surface area contributed by atoms with Gasteiger partial charge in [-0.25, -0.2) is 4.68 Å². The van der Waals surface area contributed by atoms with E-state index < -0.39 is 0 Å². The van der Waals surface area contributed by atoms with Gasteiger partial charge in [-0.2, -0.15) is 0 Å². The number of aromatic nitrogens is 4. The van der Waals surface area contributed by atoms with E-state index in [1.165, 1.54) is 25.7 Å². The van der Waals surface area contributed by atoms with Crippen molar-refractivity contribution in [3.8, 4) is 0 Å². The molecule has 3 unspecified atom stereocenters. The summed E-state index contributed by atoms with van der Waals surface area (Å²) in [7, 11) is 0. The highest BCUT2D eigenvalue weighted by Gasteiger charge is 2.53. The Morgan fingerprint density at radius 2 is 2.00 bits per heavy atom. The Hall–Kier alpha value is -0.640. The molecule has 2 aliphatic carbocycles. The molecule has 0 radical (unpaired) electrons. The Bertz CT molecular complexity index is 350. The summed E-state index contributed by atoms with van der Waals surface area (Å²) in [5.74, 6) is 2.46. The molecule has 4 nitrogen and oxygen atoms in total. The van der Waals surface area contributed by atoms with Crippen LogP contribution in [0.1, 0.15) is 49.9 Å². The van der Waals surface area contributed by atoms with Crippen molar-refractivity contribution in [2.45, 2.75) is 44.0 Å². The second kappa shape index (κ2) is 3.44. The molecule has 5 heteroatoms. The SMILES string of the molecule is CC(Cl)c1nnnn1C1C2CCCCC21. The first-order chi connectivity index (χ1) is 7.29. The molecule has 3 rings (SSSR count). The monoisotopic (exact) mass is 226 g/mol. The summed E-state index contributed by atoms with van der Waals surface area (Å²) in [4.78, 5) is 0. The van der Waals surface area contributed by atoms with Crippen LogP contribution in [0.4, 0.5) is 0 Å². The fourth-order valence-electron chi connectivity index (χ4n) is 2.99. The van der Waals surface area contributed by atoms with E-state index >= 15 is 0 Å². The number of tetrazole rings is 1.